The molecule has 2 aromatic rings. The van der Waals surface area contributed by atoms with Gasteiger partial charge in [0.1, 0.15) is 12.6 Å². The van der Waals surface area contributed by atoms with Gasteiger partial charge in [-0.15, -0.1) is 0 Å². The Morgan fingerprint density at radius 1 is 1.03 bits per heavy atom. The van der Waals surface area contributed by atoms with E-state index < -0.39 is 28.5 Å². The predicted molar refractivity (Wildman–Crippen MR) is 145 cm³/mol. The molecule has 1 fully saturated rings. The lowest BCUT2D eigenvalue weighted by atomic mass is 9.95. The van der Waals surface area contributed by atoms with Crippen LogP contribution in [0.1, 0.15) is 44.6 Å². The summed E-state index contributed by atoms with van der Waals surface area (Å²) in [6.07, 6.45) is 6.67. The first-order chi connectivity index (χ1) is 17.1. The zero-order valence-electron chi connectivity index (χ0n) is 20.6. The topological polar surface area (TPSA) is 86.8 Å². The Bertz CT molecular complexity index is 1160. The summed E-state index contributed by atoms with van der Waals surface area (Å²) < 4.78 is 26.3. The van der Waals surface area contributed by atoms with Crippen LogP contribution in [0.2, 0.25) is 10.0 Å². The maximum atomic E-state index is 13.6. The number of sulfonamides is 1. The van der Waals surface area contributed by atoms with Gasteiger partial charge in [-0.3, -0.25) is 13.9 Å². The smallest absolute Gasteiger partial charge is 0.244 e. The van der Waals surface area contributed by atoms with E-state index in [1.54, 1.807) is 19.1 Å². The second kappa shape index (κ2) is 12.8. The average Bonchev–Trinajstić information content (AvgIpc) is 2.85. The number of rotatable bonds is 10. The number of halogens is 2. The standard InChI is InChI=1S/C26H33Cl2N3O4S/c1-19(26(33)29-21-12-7-4-8-13-21)30(17-16-20-10-5-3-6-11-20)24(32)18-31(36(2,34)35)23-15-9-14-22(27)25(23)28/h3,5-6,9-11,14-15,19,21H,4,7-8,12-13,16-18H2,1-2H3,(H,29,33). The summed E-state index contributed by atoms with van der Waals surface area (Å²) in [5, 5.41) is 3.30. The van der Waals surface area contributed by atoms with Crippen molar-refractivity contribution in [2.24, 2.45) is 0 Å². The van der Waals surface area contributed by atoms with E-state index >= 15 is 0 Å². The zero-order chi connectivity index (χ0) is 26.3. The van der Waals surface area contributed by atoms with Crippen LogP contribution < -0.4 is 9.62 Å². The fourth-order valence-electron chi connectivity index (χ4n) is 4.42. The Kier molecular flexibility index (Phi) is 10.0. The van der Waals surface area contributed by atoms with E-state index in [1.165, 1.54) is 11.0 Å². The van der Waals surface area contributed by atoms with Gasteiger partial charge in [0.15, 0.2) is 0 Å². The summed E-state index contributed by atoms with van der Waals surface area (Å²) >= 11 is 12.4. The summed E-state index contributed by atoms with van der Waals surface area (Å²) in [5.74, 6) is -0.742. The molecule has 10 heteroatoms. The van der Waals surface area contributed by atoms with E-state index in [0.29, 0.717) is 6.42 Å². The van der Waals surface area contributed by atoms with Crippen molar-refractivity contribution >= 4 is 50.7 Å². The largest absolute Gasteiger partial charge is 0.352 e. The van der Waals surface area contributed by atoms with Crippen molar-refractivity contribution in [3.05, 3.63) is 64.1 Å². The number of hydrogen-bond acceptors (Lipinski definition) is 4. The molecule has 1 atom stereocenters. The highest BCUT2D eigenvalue weighted by atomic mass is 35.5. The minimum Gasteiger partial charge on any atom is -0.352 e. The molecule has 0 heterocycles. The van der Waals surface area contributed by atoms with Gasteiger partial charge in [-0.25, -0.2) is 8.42 Å². The quantitative estimate of drug-likeness (QED) is 0.463. The van der Waals surface area contributed by atoms with Gasteiger partial charge in [0.05, 0.1) is 22.0 Å². The highest BCUT2D eigenvalue weighted by Gasteiger charge is 2.31. The second-order valence-corrected chi connectivity index (χ2v) is 11.9. The molecule has 0 aliphatic heterocycles. The van der Waals surface area contributed by atoms with Gasteiger partial charge in [-0.2, -0.15) is 0 Å². The van der Waals surface area contributed by atoms with Crippen LogP contribution in [0.25, 0.3) is 0 Å². The minimum atomic E-state index is -3.88. The molecule has 0 spiro atoms. The van der Waals surface area contributed by atoms with Gasteiger partial charge in [-0.05, 0) is 43.9 Å². The zero-order valence-corrected chi connectivity index (χ0v) is 23.0. The molecule has 0 aromatic heterocycles. The maximum absolute atomic E-state index is 13.6. The summed E-state index contributed by atoms with van der Waals surface area (Å²) in [6.45, 7) is 1.43. The summed E-state index contributed by atoms with van der Waals surface area (Å²) in [6, 6.07) is 13.5. The van der Waals surface area contributed by atoms with E-state index in [0.717, 1.165) is 48.2 Å². The first kappa shape index (κ1) is 28.3. The Balaban J connectivity index is 1.84. The van der Waals surface area contributed by atoms with Crippen LogP contribution >= 0.6 is 23.2 Å². The van der Waals surface area contributed by atoms with E-state index in [2.05, 4.69) is 5.32 Å². The molecular weight excluding hydrogens is 521 g/mol. The highest BCUT2D eigenvalue weighted by Crippen LogP contribution is 2.33. The number of anilines is 1. The third-order valence-corrected chi connectivity index (χ3v) is 8.42. The van der Waals surface area contributed by atoms with Crippen LogP contribution in [0.4, 0.5) is 5.69 Å². The van der Waals surface area contributed by atoms with Crippen molar-refractivity contribution < 1.29 is 18.0 Å². The van der Waals surface area contributed by atoms with Gasteiger partial charge in [0, 0.05) is 12.6 Å². The van der Waals surface area contributed by atoms with E-state index in [-0.39, 0.29) is 34.2 Å². The molecule has 7 nitrogen and oxygen atoms in total. The minimum absolute atomic E-state index is 0.0383. The van der Waals surface area contributed by atoms with Crippen LogP contribution in [0.5, 0.6) is 0 Å². The Labute approximate surface area is 223 Å². The van der Waals surface area contributed by atoms with Crippen molar-refractivity contribution in [1.29, 1.82) is 0 Å². The van der Waals surface area contributed by atoms with E-state index in [1.807, 2.05) is 30.3 Å². The van der Waals surface area contributed by atoms with Crippen molar-refractivity contribution in [2.75, 3.05) is 23.7 Å². The molecular formula is C26H33Cl2N3O4S. The molecule has 2 amide bonds. The average molecular weight is 555 g/mol. The Morgan fingerprint density at radius 3 is 2.33 bits per heavy atom. The fraction of sp³-hybridized carbons (Fsp3) is 0.462. The van der Waals surface area contributed by atoms with E-state index in [4.69, 9.17) is 23.2 Å². The van der Waals surface area contributed by atoms with Crippen molar-refractivity contribution in [3.63, 3.8) is 0 Å². The molecule has 1 aliphatic carbocycles. The third-order valence-electron chi connectivity index (χ3n) is 6.48. The van der Waals surface area contributed by atoms with E-state index in [9.17, 15) is 18.0 Å². The first-order valence-corrected chi connectivity index (χ1v) is 14.7. The van der Waals surface area contributed by atoms with Crippen molar-refractivity contribution in [1.82, 2.24) is 10.2 Å². The van der Waals surface area contributed by atoms with Gasteiger partial charge in [0.25, 0.3) is 0 Å². The lowest BCUT2D eigenvalue weighted by Gasteiger charge is -2.33. The molecule has 2 aromatic carbocycles. The molecule has 196 valence electrons. The number of nitrogens with one attached hydrogen (secondary N) is 1. The van der Waals surface area contributed by atoms with Gasteiger partial charge >= 0.3 is 0 Å². The van der Waals surface area contributed by atoms with Crippen molar-refractivity contribution in [2.45, 2.75) is 57.5 Å². The number of hydrogen-bond donors (Lipinski definition) is 1. The van der Waals surface area contributed by atoms with Crippen LogP contribution in [0.15, 0.2) is 48.5 Å². The summed E-state index contributed by atoms with van der Waals surface area (Å²) in [5.41, 5.74) is 1.12. The molecule has 36 heavy (non-hydrogen) atoms. The van der Waals surface area contributed by atoms with Gasteiger partial charge < -0.3 is 10.2 Å². The number of carbonyl (C=O) groups excluding carboxylic acids is 2. The van der Waals surface area contributed by atoms with Gasteiger partial charge in [0.2, 0.25) is 21.8 Å². The monoisotopic (exact) mass is 553 g/mol. The molecule has 0 saturated heterocycles. The SMILES string of the molecule is CC(C(=O)NC1CCCCC1)N(CCc1ccccc1)C(=O)CN(c1cccc(Cl)c1Cl)S(C)(=O)=O. The number of nitrogens with zero attached hydrogens (tertiary/aromatic N) is 2. The maximum Gasteiger partial charge on any atom is 0.244 e. The predicted octanol–water partition coefficient (Wildman–Crippen LogP) is 4.67. The molecule has 3 rings (SSSR count). The molecule has 0 radical (unpaired) electrons. The number of amides is 2. The molecule has 0 bridgehead atoms. The van der Waals surface area contributed by atoms with Crippen LogP contribution in [0.3, 0.4) is 0 Å². The Hall–Kier alpha value is -2.29. The first-order valence-electron chi connectivity index (χ1n) is 12.1. The molecule has 1 saturated carbocycles. The normalized spacial score (nSPS) is 15.2. The number of carbonyl (C=O) groups is 2. The summed E-state index contributed by atoms with van der Waals surface area (Å²) in [4.78, 5) is 28.2. The molecule has 1 unspecified atom stereocenters. The summed E-state index contributed by atoms with van der Waals surface area (Å²) in [7, 11) is -3.88. The fourth-order valence-corrected chi connectivity index (χ4v) is 5.72. The third kappa shape index (κ3) is 7.60. The van der Waals surface area contributed by atoms with Gasteiger partial charge in [-0.1, -0.05) is 78.9 Å². The molecule has 1 N–H and O–H groups in total. The van der Waals surface area contributed by atoms with Crippen LogP contribution in [-0.2, 0) is 26.0 Å². The lowest BCUT2D eigenvalue weighted by Crippen LogP contribution is -2.53. The molecule has 1 aliphatic rings. The Morgan fingerprint density at radius 2 is 1.69 bits per heavy atom. The highest BCUT2D eigenvalue weighted by molar-refractivity contribution is 7.92. The van der Waals surface area contributed by atoms with Crippen LogP contribution in [0, 0.1) is 0 Å². The van der Waals surface area contributed by atoms with Crippen molar-refractivity contribution in [3.8, 4) is 0 Å². The second-order valence-electron chi connectivity index (χ2n) is 9.18. The number of benzene rings is 2. The lowest BCUT2D eigenvalue weighted by molar-refractivity contribution is -0.139. The van der Waals surface area contributed by atoms with Crippen LogP contribution in [-0.4, -0.2) is 56.6 Å².